The monoisotopic (exact) mass is 440 g/mol. The number of aromatic nitrogens is 2. The van der Waals surface area contributed by atoms with E-state index >= 15 is 0 Å². The van der Waals surface area contributed by atoms with Crippen LogP contribution >= 0.6 is 11.3 Å². The zero-order valence-corrected chi connectivity index (χ0v) is 18.0. The van der Waals surface area contributed by atoms with Gasteiger partial charge in [-0.2, -0.15) is 0 Å². The maximum atomic E-state index is 12.6. The molecular weight excluding hydrogens is 420 g/mol. The number of rotatable bonds is 5. The van der Waals surface area contributed by atoms with Gasteiger partial charge in [0, 0.05) is 23.5 Å². The molecule has 4 rings (SSSR count). The molecule has 0 aliphatic rings. The number of nitrogens with zero attached hydrogens (tertiary/aromatic N) is 2. The second-order valence-corrected chi connectivity index (χ2v) is 9.57. The zero-order valence-electron chi connectivity index (χ0n) is 16.4. The Hall–Kier alpha value is -3.01. The fraction of sp³-hybridized carbons (Fsp3) is 0.143. The van der Waals surface area contributed by atoms with Crippen molar-refractivity contribution in [3.8, 4) is 5.13 Å². The van der Waals surface area contributed by atoms with E-state index in [-0.39, 0.29) is 17.3 Å². The van der Waals surface area contributed by atoms with Gasteiger partial charge in [-0.1, -0.05) is 23.5 Å². The summed E-state index contributed by atoms with van der Waals surface area (Å²) in [6.45, 7) is 4.35. The molecular formula is C21H20N4O3S2. The van der Waals surface area contributed by atoms with Crippen molar-refractivity contribution in [3.05, 3.63) is 77.1 Å². The number of hydrogen-bond acceptors (Lipinski definition) is 5. The van der Waals surface area contributed by atoms with Crippen LogP contribution in [0, 0.1) is 13.8 Å². The number of nitrogens with two attached hydrogens (primary N) is 1. The van der Waals surface area contributed by atoms with Crippen molar-refractivity contribution < 1.29 is 13.2 Å². The van der Waals surface area contributed by atoms with Gasteiger partial charge in [0.05, 0.1) is 15.1 Å². The second-order valence-electron chi connectivity index (χ2n) is 7.00. The Labute approximate surface area is 178 Å². The molecule has 0 aliphatic carbocycles. The largest absolute Gasteiger partial charge is 0.348 e. The van der Waals surface area contributed by atoms with Crippen LogP contribution in [0.25, 0.3) is 15.3 Å². The van der Waals surface area contributed by atoms with Crippen LogP contribution in [0.3, 0.4) is 0 Å². The van der Waals surface area contributed by atoms with Crippen molar-refractivity contribution in [2.75, 3.05) is 0 Å². The molecule has 0 atom stereocenters. The Balaban J connectivity index is 1.51. The second kappa shape index (κ2) is 7.67. The van der Waals surface area contributed by atoms with Crippen LogP contribution < -0.4 is 10.5 Å². The molecule has 4 aromatic rings. The van der Waals surface area contributed by atoms with Crippen LogP contribution in [-0.4, -0.2) is 23.9 Å². The van der Waals surface area contributed by atoms with Gasteiger partial charge in [-0.15, -0.1) is 0 Å². The highest BCUT2D eigenvalue weighted by Gasteiger charge is 2.13. The first-order valence-corrected chi connectivity index (χ1v) is 11.5. The highest BCUT2D eigenvalue weighted by atomic mass is 32.2. The summed E-state index contributed by atoms with van der Waals surface area (Å²) in [6, 6.07) is 15.6. The van der Waals surface area contributed by atoms with E-state index in [1.54, 1.807) is 18.2 Å². The minimum Gasteiger partial charge on any atom is -0.348 e. The number of carbonyl (C=O) groups is 1. The molecule has 1 amide bonds. The topological polar surface area (TPSA) is 107 Å². The SMILES string of the molecule is Cc1ccc(C)n1-c1nc2ccc(C(=O)NCc3ccc(S(N)(=O)=O)cc3)cc2s1. The highest BCUT2D eigenvalue weighted by molar-refractivity contribution is 7.89. The predicted molar refractivity (Wildman–Crippen MR) is 117 cm³/mol. The minimum absolute atomic E-state index is 0.0391. The quantitative estimate of drug-likeness (QED) is 0.496. The maximum absolute atomic E-state index is 12.6. The maximum Gasteiger partial charge on any atom is 0.251 e. The molecule has 0 spiro atoms. The number of benzene rings is 2. The van der Waals surface area contributed by atoms with Crippen LogP contribution in [0.2, 0.25) is 0 Å². The van der Waals surface area contributed by atoms with Crippen molar-refractivity contribution in [1.82, 2.24) is 14.9 Å². The number of aryl methyl sites for hydroxylation is 2. The lowest BCUT2D eigenvalue weighted by Crippen LogP contribution is -2.22. The summed E-state index contributed by atoms with van der Waals surface area (Å²) in [5, 5.41) is 8.82. The first-order chi connectivity index (χ1) is 14.2. The molecule has 9 heteroatoms. The lowest BCUT2D eigenvalue weighted by Gasteiger charge is -2.06. The number of thiazole rings is 1. The molecule has 0 aliphatic heterocycles. The smallest absolute Gasteiger partial charge is 0.251 e. The first-order valence-electron chi connectivity index (χ1n) is 9.18. The molecule has 154 valence electrons. The van der Waals surface area contributed by atoms with E-state index in [1.165, 1.54) is 23.5 Å². The van der Waals surface area contributed by atoms with Gasteiger partial charge in [-0.3, -0.25) is 9.36 Å². The summed E-state index contributed by atoms with van der Waals surface area (Å²) in [5.74, 6) is -0.212. The lowest BCUT2D eigenvalue weighted by molar-refractivity contribution is 0.0951. The summed E-state index contributed by atoms with van der Waals surface area (Å²) < 4.78 is 25.7. The fourth-order valence-electron chi connectivity index (χ4n) is 3.20. The third-order valence-electron chi connectivity index (χ3n) is 4.81. The average Bonchev–Trinajstić information content (AvgIpc) is 3.27. The molecule has 2 aromatic carbocycles. The lowest BCUT2D eigenvalue weighted by atomic mass is 10.2. The average molecular weight is 441 g/mol. The van der Waals surface area contributed by atoms with E-state index < -0.39 is 10.0 Å². The zero-order chi connectivity index (χ0) is 21.5. The van der Waals surface area contributed by atoms with Crippen molar-refractivity contribution in [2.24, 2.45) is 5.14 Å². The van der Waals surface area contributed by atoms with Crippen LogP contribution in [0.4, 0.5) is 0 Å². The third kappa shape index (κ3) is 4.00. The van der Waals surface area contributed by atoms with Gasteiger partial charge in [-0.25, -0.2) is 18.5 Å². The number of fused-ring (bicyclic) bond motifs is 1. The summed E-state index contributed by atoms with van der Waals surface area (Å²) in [4.78, 5) is 17.3. The summed E-state index contributed by atoms with van der Waals surface area (Å²) in [5.41, 5.74) is 4.38. The molecule has 0 saturated heterocycles. The predicted octanol–water partition coefficient (Wildman–Crippen LogP) is 3.28. The molecule has 0 fully saturated rings. The summed E-state index contributed by atoms with van der Waals surface area (Å²) in [7, 11) is -3.73. The van der Waals surface area contributed by atoms with E-state index in [0.717, 1.165) is 32.3 Å². The van der Waals surface area contributed by atoms with Crippen LogP contribution in [0.5, 0.6) is 0 Å². The Morgan fingerprint density at radius 1 is 1.07 bits per heavy atom. The standard InChI is InChI=1S/C21H20N4O3S2/c1-13-3-4-14(2)25(13)21-24-18-10-7-16(11-19(18)29-21)20(26)23-12-15-5-8-17(9-6-15)30(22,27)28/h3-11H,12H2,1-2H3,(H,23,26)(H2,22,27,28). The number of sulfonamides is 1. The minimum atomic E-state index is -3.73. The number of hydrogen-bond donors (Lipinski definition) is 2. The van der Waals surface area contributed by atoms with Gasteiger partial charge in [-0.05, 0) is 61.9 Å². The summed E-state index contributed by atoms with van der Waals surface area (Å²) in [6.07, 6.45) is 0. The van der Waals surface area contributed by atoms with Crippen molar-refractivity contribution >= 4 is 37.5 Å². The molecule has 7 nitrogen and oxygen atoms in total. The van der Waals surface area contributed by atoms with Gasteiger partial charge < -0.3 is 5.32 Å². The van der Waals surface area contributed by atoms with Crippen molar-refractivity contribution in [2.45, 2.75) is 25.3 Å². The summed E-state index contributed by atoms with van der Waals surface area (Å²) >= 11 is 1.54. The molecule has 2 aromatic heterocycles. The van der Waals surface area contributed by atoms with Gasteiger partial charge in [0.25, 0.3) is 5.91 Å². The number of primary sulfonamides is 1. The van der Waals surface area contributed by atoms with Crippen LogP contribution in [0.15, 0.2) is 59.5 Å². The number of nitrogens with one attached hydrogen (secondary N) is 1. The van der Waals surface area contributed by atoms with E-state index in [2.05, 4.69) is 27.0 Å². The van der Waals surface area contributed by atoms with Gasteiger partial charge >= 0.3 is 0 Å². The Morgan fingerprint density at radius 2 is 1.73 bits per heavy atom. The first kappa shape index (κ1) is 20.3. The molecule has 3 N–H and O–H groups in total. The molecule has 30 heavy (non-hydrogen) atoms. The Morgan fingerprint density at radius 3 is 2.37 bits per heavy atom. The molecule has 0 saturated carbocycles. The van der Waals surface area contributed by atoms with Gasteiger partial charge in [0.15, 0.2) is 5.13 Å². The Kier molecular flexibility index (Phi) is 5.19. The number of amides is 1. The molecule has 0 unspecified atom stereocenters. The highest BCUT2D eigenvalue weighted by Crippen LogP contribution is 2.28. The molecule has 2 heterocycles. The van der Waals surface area contributed by atoms with Crippen LogP contribution in [0.1, 0.15) is 27.3 Å². The van der Waals surface area contributed by atoms with E-state index in [9.17, 15) is 13.2 Å². The third-order valence-corrected chi connectivity index (χ3v) is 6.74. The van der Waals surface area contributed by atoms with E-state index in [1.807, 2.05) is 26.0 Å². The van der Waals surface area contributed by atoms with E-state index in [4.69, 9.17) is 5.14 Å². The fourth-order valence-corrected chi connectivity index (χ4v) is 4.84. The molecule has 0 bridgehead atoms. The molecule has 0 radical (unpaired) electrons. The van der Waals surface area contributed by atoms with Crippen molar-refractivity contribution in [1.29, 1.82) is 0 Å². The van der Waals surface area contributed by atoms with E-state index in [0.29, 0.717) is 5.56 Å². The van der Waals surface area contributed by atoms with Crippen LogP contribution in [-0.2, 0) is 16.6 Å². The van der Waals surface area contributed by atoms with Crippen molar-refractivity contribution in [3.63, 3.8) is 0 Å². The van der Waals surface area contributed by atoms with Gasteiger partial charge in [0.2, 0.25) is 10.0 Å². The van der Waals surface area contributed by atoms with Gasteiger partial charge in [0.1, 0.15) is 0 Å². The number of carbonyl (C=O) groups excluding carboxylic acids is 1. The normalized spacial score (nSPS) is 11.7. The Bertz CT molecular complexity index is 1330.